The summed E-state index contributed by atoms with van der Waals surface area (Å²) in [4.78, 5) is 24.6. The summed E-state index contributed by atoms with van der Waals surface area (Å²) >= 11 is 1.37. The molecule has 1 heterocycles. The molecule has 35 heavy (non-hydrogen) atoms. The lowest BCUT2D eigenvalue weighted by atomic mass is 9.83. The lowest BCUT2D eigenvalue weighted by molar-refractivity contribution is 0.103. The summed E-state index contributed by atoms with van der Waals surface area (Å²) in [6.45, 7) is 4.31. The Labute approximate surface area is 206 Å². The van der Waals surface area contributed by atoms with E-state index in [9.17, 15) is 19.8 Å². The Kier molecular flexibility index (Phi) is 5.87. The van der Waals surface area contributed by atoms with Crippen LogP contribution in [0.5, 0.6) is 11.5 Å². The van der Waals surface area contributed by atoms with Gasteiger partial charge in [0.05, 0.1) is 0 Å². The molecule has 0 saturated heterocycles. The smallest absolute Gasteiger partial charge is 0.195 e. The number of hydrogen-bond acceptors (Lipinski definition) is 5. The van der Waals surface area contributed by atoms with Gasteiger partial charge in [-0.3, -0.25) is 9.59 Å². The van der Waals surface area contributed by atoms with Crippen molar-refractivity contribution in [1.29, 1.82) is 0 Å². The second kappa shape index (κ2) is 9.01. The van der Waals surface area contributed by atoms with Gasteiger partial charge in [0.25, 0.3) is 0 Å². The monoisotopic (exact) mass is 480 g/mol. The van der Waals surface area contributed by atoms with Crippen LogP contribution < -0.4 is 5.43 Å². The van der Waals surface area contributed by atoms with E-state index in [0.717, 1.165) is 28.7 Å². The minimum atomic E-state index is -0.0752. The SMILES string of the molecule is CC(C)c1ccc2c(c1)C(=O)c1ccccc1C2.O=c1c2ccc(O)cc2sc2cc(O)ccc12. The number of ketones is 1. The second-order valence-corrected chi connectivity index (χ2v) is 10.1. The molecule has 1 aliphatic rings. The molecule has 0 fully saturated rings. The predicted molar refractivity (Wildman–Crippen MR) is 142 cm³/mol. The second-order valence-electron chi connectivity index (χ2n) is 9.03. The van der Waals surface area contributed by atoms with Crippen molar-refractivity contribution >= 4 is 37.3 Å². The highest BCUT2D eigenvalue weighted by molar-refractivity contribution is 7.24. The first kappa shape index (κ1) is 22.8. The van der Waals surface area contributed by atoms with Gasteiger partial charge >= 0.3 is 0 Å². The van der Waals surface area contributed by atoms with Crippen LogP contribution in [0.2, 0.25) is 0 Å². The van der Waals surface area contributed by atoms with Gasteiger partial charge in [0.2, 0.25) is 0 Å². The van der Waals surface area contributed by atoms with Gasteiger partial charge in [0, 0.05) is 31.3 Å². The minimum absolute atomic E-state index is 0.0752. The van der Waals surface area contributed by atoms with Crippen LogP contribution in [0.1, 0.15) is 52.4 Å². The molecule has 6 rings (SSSR count). The van der Waals surface area contributed by atoms with E-state index in [2.05, 4.69) is 32.0 Å². The Bertz CT molecular complexity index is 1600. The zero-order valence-electron chi connectivity index (χ0n) is 19.4. The van der Waals surface area contributed by atoms with E-state index in [1.54, 1.807) is 24.3 Å². The molecule has 0 radical (unpaired) electrons. The summed E-state index contributed by atoms with van der Waals surface area (Å²) < 4.78 is 1.43. The van der Waals surface area contributed by atoms with Crippen molar-refractivity contribution < 1.29 is 15.0 Å². The Morgan fingerprint density at radius 1 is 0.714 bits per heavy atom. The summed E-state index contributed by atoms with van der Waals surface area (Å²) in [6.07, 6.45) is 0.871. The standard InChI is InChI=1S/C17H16O.C13H8O3S/c1-11(2)12-7-8-14-9-13-5-3-4-6-15(13)17(18)16(14)10-12;14-7-1-3-9-11(5-7)17-12-6-8(15)2-4-10(12)13(9)16/h3-8,10-11H,9H2,1-2H3;1-6,14-15H. The van der Waals surface area contributed by atoms with E-state index in [1.165, 1.54) is 29.0 Å². The molecule has 1 aliphatic carbocycles. The summed E-state index contributed by atoms with van der Waals surface area (Å²) in [5.74, 6) is 0.898. The Hall–Kier alpha value is -3.96. The lowest BCUT2D eigenvalue weighted by Gasteiger charge is -2.19. The lowest BCUT2D eigenvalue weighted by Crippen LogP contribution is -2.15. The molecular weight excluding hydrogens is 456 g/mol. The maximum absolute atomic E-state index is 12.5. The van der Waals surface area contributed by atoms with E-state index in [1.807, 2.05) is 24.3 Å². The van der Waals surface area contributed by atoms with Crippen LogP contribution in [0.15, 0.2) is 83.7 Å². The van der Waals surface area contributed by atoms with Crippen LogP contribution in [0.4, 0.5) is 0 Å². The van der Waals surface area contributed by atoms with Crippen LogP contribution in [-0.4, -0.2) is 16.0 Å². The van der Waals surface area contributed by atoms with Crippen LogP contribution in [0.25, 0.3) is 20.2 Å². The topological polar surface area (TPSA) is 74.6 Å². The number of aromatic hydroxyl groups is 2. The number of carbonyl (C=O) groups excluding carboxylic acids is 1. The molecule has 0 atom stereocenters. The first-order chi connectivity index (χ1) is 16.8. The van der Waals surface area contributed by atoms with Gasteiger partial charge in [-0.05, 0) is 71.5 Å². The van der Waals surface area contributed by atoms with Gasteiger partial charge in [0.1, 0.15) is 11.5 Å². The van der Waals surface area contributed by atoms with Gasteiger partial charge in [-0.2, -0.15) is 0 Å². The molecule has 0 bridgehead atoms. The van der Waals surface area contributed by atoms with Crippen molar-refractivity contribution in [2.45, 2.75) is 26.2 Å². The van der Waals surface area contributed by atoms with E-state index in [0.29, 0.717) is 26.1 Å². The highest BCUT2D eigenvalue weighted by Gasteiger charge is 2.23. The average molecular weight is 481 g/mol. The zero-order valence-corrected chi connectivity index (χ0v) is 20.2. The molecule has 4 aromatic carbocycles. The molecule has 0 unspecified atom stereocenters. The van der Waals surface area contributed by atoms with Crippen molar-refractivity contribution in [3.63, 3.8) is 0 Å². The molecule has 5 aromatic rings. The quantitative estimate of drug-likeness (QED) is 0.255. The number of phenolic OH excluding ortho intramolecular Hbond substituents is 2. The van der Waals surface area contributed by atoms with Gasteiger partial charge in [0.15, 0.2) is 11.2 Å². The molecule has 1 aromatic heterocycles. The van der Waals surface area contributed by atoms with Crippen molar-refractivity contribution in [2.75, 3.05) is 0 Å². The summed E-state index contributed by atoms with van der Waals surface area (Å²) in [6, 6.07) is 23.6. The Morgan fingerprint density at radius 2 is 1.31 bits per heavy atom. The fourth-order valence-corrected chi connectivity index (χ4v) is 5.53. The maximum Gasteiger partial charge on any atom is 0.195 e. The number of benzene rings is 4. The van der Waals surface area contributed by atoms with Crippen LogP contribution in [0.3, 0.4) is 0 Å². The van der Waals surface area contributed by atoms with Crippen molar-refractivity contribution in [3.8, 4) is 11.5 Å². The fraction of sp³-hybridized carbons (Fsp3) is 0.133. The highest BCUT2D eigenvalue weighted by atomic mass is 32.1. The van der Waals surface area contributed by atoms with Crippen LogP contribution >= 0.6 is 11.3 Å². The zero-order chi connectivity index (χ0) is 24.7. The molecule has 0 spiro atoms. The van der Waals surface area contributed by atoms with E-state index in [-0.39, 0.29) is 22.7 Å². The van der Waals surface area contributed by atoms with Crippen molar-refractivity contribution in [1.82, 2.24) is 0 Å². The first-order valence-corrected chi connectivity index (χ1v) is 12.3. The normalized spacial score (nSPS) is 12.3. The largest absolute Gasteiger partial charge is 0.508 e. The molecule has 5 heteroatoms. The molecular formula is C30H24O4S. The molecule has 0 amide bonds. The van der Waals surface area contributed by atoms with Crippen molar-refractivity contribution in [2.24, 2.45) is 0 Å². The number of carbonyl (C=O) groups is 1. The number of hydrogen-bond donors (Lipinski definition) is 2. The van der Waals surface area contributed by atoms with Gasteiger partial charge < -0.3 is 10.2 Å². The highest BCUT2D eigenvalue weighted by Crippen LogP contribution is 2.30. The fourth-order valence-electron chi connectivity index (χ4n) is 4.39. The van der Waals surface area contributed by atoms with Gasteiger partial charge in [-0.25, -0.2) is 0 Å². The predicted octanol–water partition coefficient (Wildman–Crippen LogP) is 6.77. The summed E-state index contributed by atoms with van der Waals surface area (Å²) in [5.41, 5.74) is 5.22. The first-order valence-electron chi connectivity index (χ1n) is 11.5. The molecule has 0 aliphatic heterocycles. The molecule has 0 saturated carbocycles. The third-order valence-corrected chi connectivity index (χ3v) is 7.44. The number of phenols is 2. The van der Waals surface area contributed by atoms with E-state index < -0.39 is 0 Å². The average Bonchev–Trinajstić information content (AvgIpc) is 2.84. The number of fused-ring (bicyclic) bond motifs is 4. The third-order valence-electron chi connectivity index (χ3n) is 6.33. The van der Waals surface area contributed by atoms with Crippen LogP contribution in [0, 0.1) is 0 Å². The van der Waals surface area contributed by atoms with Crippen LogP contribution in [-0.2, 0) is 6.42 Å². The Balaban J connectivity index is 0.000000145. The number of rotatable bonds is 1. The summed E-state index contributed by atoms with van der Waals surface area (Å²) in [7, 11) is 0. The summed E-state index contributed by atoms with van der Waals surface area (Å²) in [5, 5.41) is 20.0. The Morgan fingerprint density at radius 3 is 1.94 bits per heavy atom. The maximum atomic E-state index is 12.5. The molecule has 4 nitrogen and oxygen atoms in total. The van der Waals surface area contributed by atoms with Gasteiger partial charge in [-0.15, -0.1) is 11.3 Å². The molecule has 2 N–H and O–H groups in total. The van der Waals surface area contributed by atoms with Crippen molar-refractivity contribution in [3.05, 3.63) is 117 Å². The van der Waals surface area contributed by atoms with E-state index in [4.69, 9.17) is 0 Å². The van der Waals surface area contributed by atoms with Gasteiger partial charge in [-0.1, -0.05) is 50.2 Å². The third kappa shape index (κ3) is 4.31. The minimum Gasteiger partial charge on any atom is -0.508 e. The van der Waals surface area contributed by atoms with E-state index >= 15 is 0 Å². The molecule has 174 valence electrons.